The SMILES string of the molecule is O=C(c1cccc(Oc2ccc(F)cc2)c1)N1C2CCC1CC(n1nccn1)C2. The summed E-state index contributed by atoms with van der Waals surface area (Å²) in [5.41, 5.74) is 0.608. The minimum absolute atomic E-state index is 0.0360. The van der Waals surface area contributed by atoms with Crippen molar-refractivity contribution in [3.05, 3.63) is 72.3 Å². The van der Waals surface area contributed by atoms with Crippen LogP contribution in [0.2, 0.25) is 0 Å². The van der Waals surface area contributed by atoms with E-state index in [2.05, 4.69) is 10.2 Å². The summed E-state index contributed by atoms with van der Waals surface area (Å²) in [5.74, 6) is 0.813. The number of fused-ring (bicyclic) bond motifs is 2. The summed E-state index contributed by atoms with van der Waals surface area (Å²) >= 11 is 0. The minimum atomic E-state index is -0.314. The number of ether oxygens (including phenoxy) is 1. The molecule has 2 fully saturated rings. The molecule has 7 heteroatoms. The smallest absolute Gasteiger partial charge is 0.254 e. The van der Waals surface area contributed by atoms with Crippen LogP contribution in [0, 0.1) is 5.82 Å². The fourth-order valence-electron chi connectivity index (χ4n) is 4.56. The lowest BCUT2D eigenvalue weighted by atomic mass is 9.96. The fraction of sp³-hybridized carbons (Fsp3) is 0.318. The molecule has 0 aliphatic carbocycles. The molecule has 2 aromatic carbocycles. The number of hydrogen-bond acceptors (Lipinski definition) is 4. The Kier molecular flexibility index (Phi) is 4.50. The van der Waals surface area contributed by atoms with E-state index in [4.69, 9.17) is 4.74 Å². The van der Waals surface area contributed by atoms with E-state index in [1.807, 2.05) is 17.0 Å². The standard InChI is InChI=1S/C22H21FN4O2/c23-16-4-8-20(9-5-16)29-21-3-1-2-15(12-21)22(28)26-17-6-7-18(26)14-19(13-17)27-24-10-11-25-27/h1-5,8-12,17-19H,6-7,13-14H2. The van der Waals surface area contributed by atoms with Gasteiger partial charge in [0, 0.05) is 17.6 Å². The van der Waals surface area contributed by atoms with E-state index < -0.39 is 0 Å². The average Bonchev–Trinajstić information content (AvgIpc) is 3.36. The lowest BCUT2D eigenvalue weighted by Crippen LogP contribution is -2.47. The second-order valence-corrected chi connectivity index (χ2v) is 7.66. The van der Waals surface area contributed by atoms with Gasteiger partial charge in [0.1, 0.15) is 17.3 Å². The van der Waals surface area contributed by atoms with Gasteiger partial charge in [-0.25, -0.2) is 4.39 Å². The number of nitrogens with zero attached hydrogens (tertiary/aromatic N) is 4. The first-order valence-corrected chi connectivity index (χ1v) is 9.89. The van der Waals surface area contributed by atoms with Crippen LogP contribution < -0.4 is 4.74 Å². The van der Waals surface area contributed by atoms with Crippen molar-refractivity contribution < 1.29 is 13.9 Å². The first-order valence-electron chi connectivity index (χ1n) is 9.89. The van der Waals surface area contributed by atoms with Gasteiger partial charge in [0.25, 0.3) is 5.91 Å². The molecule has 0 saturated carbocycles. The largest absolute Gasteiger partial charge is 0.457 e. The Morgan fingerprint density at radius 3 is 2.31 bits per heavy atom. The highest BCUT2D eigenvalue weighted by atomic mass is 19.1. The molecule has 2 unspecified atom stereocenters. The zero-order valence-corrected chi connectivity index (χ0v) is 15.8. The van der Waals surface area contributed by atoms with Crippen LogP contribution in [0.4, 0.5) is 4.39 Å². The summed E-state index contributed by atoms with van der Waals surface area (Å²) in [7, 11) is 0. The van der Waals surface area contributed by atoms with Gasteiger partial charge in [-0.1, -0.05) is 6.07 Å². The van der Waals surface area contributed by atoms with Crippen molar-refractivity contribution in [1.82, 2.24) is 19.9 Å². The second-order valence-electron chi connectivity index (χ2n) is 7.66. The highest BCUT2D eigenvalue weighted by molar-refractivity contribution is 5.95. The lowest BCUT2D eigenvalue weighted by molar-refractivity contribution is 0.0512. The molecular formula is C22H21FN4O2. The molecule has 0 N–H and O–H groups in total. The molecule has 1 amide bonds. The summed E-state index contributed by atoms with van der Waals surface area (Å²) in [6.45, 7) is 0. The first-order chi connectivity index (χ1) is 14.2. The Hall–Kier alpha value is -3.22. The van der Waals surface area contributed by atoms with Gasteiger partial charge in [0.2, 0.25) is 0 Å². The molecule has 2 bridgehead atoms. The van der Waals surface area contributed by atoms with Crippen LogP contribution >= 0.6 is 0 Å². The van der Waals surface area contributed by atoms with Crippen molar-refractivity contribution in [3.63, 3.8) is 0 Å². The van der Waals surface area contributed by atoms with E-state index in [-0.39, 0.29) is 29.8 Å². The van der Waals surface area contributed by atoms with Crippen molar-refractivity contribution >= 4 is 5.91 Å². The van der Waals surface area contributed by atoms with Crippen molar-refractivity contribution in [2.75, 3.05) is 0 Å². The number of carbonyl (C=O) groups excluding carboxylic acids is 1. The Morgan fingerprint density at radius 1 is 0.931 bits per heavy atom. The number of piperidine rings is 1. The van der Waals surface area contributed by atoms with Crippen LogP contribution in [0.5, 0.6) is 11.5 Å². The Morgan fingerprint density at radius 2 is 1.62 bits per heavy atom. The highest BCUT2D eigenvalue weighted by Crippen LogP contribution is 2.41. The van der Waals surface area contributed by atoms with Crippen LogP contribution in [0.15, 0.2) is 60.9 Å². The number of rotatable bonds is 4. The molecular weight excluding hydrogens is 371 g/mol. The molecule has 6 nitrogen and oxygen atoms in total. The van der Waals surface area contributed by atoms with Crippen LogP contribution in [0.25, 0.3) is 0 Å². The summed E-state index contributed by atoms with van der Waals surface area (Å²) in [6.07, 6.45) is 7.18. The summed E-state index contributed by atoms with van der Waals surface area (Å²) in [4.78, 5) is 17.1. The molecule has 1 aromatic heterocycles. The maximum absolute atomic E-state index is 13.3. The van der Waals surface area contributed by atoms with Gasteiger partial charge >= 0.3 is 0 Å². The van der Waals surface area contributed by atoms with E-state index >= 15 is 0 Å². The molecule has 0 radical (unpaired) electrons. The van der Waals surface area contributed by atoms with Crippen LogP contribution in [-0.4, -0.2) is 37.9 Å². The summed E-state index contributed by atoms with van der Waals surface area (Å²) < 4.78 is 18.9. The van der Waals surface area contributed by atoms with Crippen LogP contribution in [-0.2, 0) is 0 Å². The van der Waals surface area contributed by atoms with Crippen molar-refractivity contribution in [2.45, 2.75) is 43.8 Å². The predicted molar refractivity (Wildman–Crippen MR) is 104 cm³/mol. The van der Waals surface area contributed by atoms with E-state index in [1.165, 1.54) is 12.1 Å². The van der Waals surface area contributed by atoms with E-state index in [0.29, 0.717) is 17.1 Å². The van der Waals surface area contributed by atoms with Gasteiger partial charge in [0.15, 0.2) is 0 Å². The number of aromatic nitrogens is 3. The Balaban J connectivity index is 1.33. The Labute approximate surface area is 167 Å². The number of hydrogen-bond donors (Lipinski definition) is 0. The van der Waals surface area contributed by atoms with Gasteiger partial charge in [-0.05, 0) is 68.1 Å². The highest BCUT2D eigenvalue weighted by Gasteiger charge is 2.44. The van der Waals surface area contributed by atoms with E-state index in [9.17, 15) is 9.18 Å². The number of halogens is 1. The lowest BCUT2D eigenvalue weighted by Gasteiger charge is -2.38. The Bertz CT molecular complexity index is 992. The average molecular weight is 392 g/mol. The number of carbonyl (C=O) groups is 1. The molecule has 148 valence electrons. The molecule has 2 saturated heterocycles. The van der Waals surface area contributed by atoms with Gasteiger partial charge in [-0.3, -0.25) is 4.79 Å². The number of amides is 1. The first kappa shape index (κ1) is 17.8. The molecule has 2 aliphatic rings. The molecule has 2 aliphatic heterocycles. The molecule has 5 rings (SSSR count). The van der Waals surface area contributed by atoms with E-state index in [0.717, 1.165) is 25.7 Å². The second kappa shape index (κ2) is 7.31. The topological polar surface area (TPSA) is 60.2 Å². The molecule has 3 aromatic rings. The molecule has 0 spiro atoms. The van der Waals surface area contributed by atoms with E-state index in [1.54, 1.807) is 41.5 Å². The fourth-order valence-corrected chi connectivity index (χ4v) is 4.56. The summed E-state index contributed by atoms with van der Waals surface area (Å²) in [5, 5.41) is 8.57. The molecule has 2 atom stereocenters. The maximum atomic E-state index is 13.3. The van der Waals surface area contributed by atoms with Gasteiger partial charge in [0.05, 0.1) is 18.4 Å². The van der Waals surface area contributed by atoms with Crippen LogP contribution in [0.3, 0.4) is 0 Å². The van der Waals surface area contributed by atoms with Gasteiger partial charge < -0.3 is 9.64 Å². The third-order valence-corrected chi connectivity index (χ3v) is 5.84. The van der Waals surface area contributed by atoms with Crippen molar-refractivity contribution in [3.8, 4) is 11.5 Å². The number of benzene rings is 2. The molecule has 3 heterocycles. The van der Waals surface area contributed by atoms with Gasteiger partial charge in [-0.15, -0.1) is 0 Å². The normalized spacial score (nSPS) is 23.2. The third kappa shape index (κ3) is 3.48. The quantitative estimate of drug-likeness (QED) is 0.667. The maximum Gasteiger partial charge on any atom is 0.254 e. The zero-order valence-electron chi connectivity index (χ0n) is 15.8. The van der Waals surface area contributed by atoms with Crippen molar-refractivity contribution in [2.24, 2.45) is 0 Å². The zero-order chi connectivity index (χ0) is 19.8. The van der Waals surface area contributed by atoms with Crippen molar-refractivity contribution in [1.29, 1.82) is 0 Å². The third-order valence-electron chi connectivity index (χ3n) is 5.84. The van der Waals surface area contributed by atoms with Gasteiger partial charge in [-0.2, -0.15) is 15.0 Å². The monoisotopic (exact) mass is 392 g/mol. The minimum Gasteiger partial charge on any atom is -0.457 e. The summed E-state index contributed by atoms with van der Waals surface area (Å²) in [6, 6.07) is 13.7. The van der Waals surface area contributed by atoms with Crippen LogP contribution in [0.1, 0.15) is 42.1 Å². The molecule has 29 heavy (non-hydrogen) atoms. The predicted octanol–water partition coefficient (Wildman–Crippen LogP) is 4.22.